The van der Waals surface area contributed by atoms with E-state index in [1.165, 1.54) is 18.4 Å². The van der Waals surface area contributed by atoms with E-state index >= 15 is 0 Å². The number of hydrogen-bond donors (Lipinski definition) is 2. The number of hydrogen-bond acceptors (Lipinski definition) is 4. The van der Waals surface area contributed by atoms with Crippen molar-refractivity contribution in [2.45, 2.75) is 38.3 Å². The van der Waals surface area contributed by atoms with Gasteiger partial charge in [-0.1, -0.05) is 25.0 Å². The van der Waals surface area contributed by atoms with Gasteiger partial charge in [-0.25, -0.2) is 0 Å². The first-order valence-corrected chi connectivity index (χ1v) is 9.66. The second kappa shape index (κ2) is 8.79. The zero-order valence-corrected chi connectivity index (χ0v) is 15.4. The van der Waals surface area contributed by atoms with E-state index in [0.717, 1.165) is 51.1 Å². The van der Waals surface area contributed by atoms with Crippen LogP contribution in [0.3, 0.4) is 0 Å². The maximum absolute atomic E-state index is 12.5. The van der Waals surface area contributed by atoms with Gasteiger partial charge in [0.15, 0.2) is 0 Å². The Morgan fingerprint density at radius 2 is 1.80 bits per heavy atom. The molecule has 1 aromatic rings. The molecule has 0 radical (unpaired) electrons. The van der Waals surface area contributed by atoms with Crippen molar-refractivity contribution in [2.75, 3.05) is 39.8 Å². The number of nitrogens with one attached hydrogen (secondary N) is 1. The first-order chi connectivity index (χ1) is 12.2. The van der Waals surface area contributed by atoms with Gasteiger partial charge in [-0.05, 0) is 50.0 Å². The number of carbonyl (C=O) groups excluding carboxylic acids is 1. The van der Waals surface area contributed by atoms with E-state index in [-0.39, 0.29) is 11.9 Å². The SMILES string of the molecule is CN1CCN(Cc2ccc(C(=O)NC3CCCCC3CN)cc2)CC1. The maximum atomic E-state index is 12.5. The molecule has 1 heterocycles. The lowest BCUT2D eigenvalue weighted by atomic mass is 9.84. The number of rotatable bonds is 5. The van der Waals surface area contributed by atoms with E-state index in [1.54, 1.807) is 0 Å². The third-order valence-corrected chi connectivity index (χ3v) is 5.75. The summed E-state index contributed by atoms with van der Waals surface area (Å²) in [4.78, 5) is 17.4. The summed E-state index contributed by atoms with van der Waals surface area (Å²) >= 11 is 0. The van der Waals surface area contributed by atoms with Gasteiger partial charge in [-0.3, -0.25) is 9.69 Å². The van der Waals surface area contributed by atoms with Crippen LogP contribution >= 0.6 is 0 Å². The molecule has 2 unspecified atom stereocenters. The first-order valence-electron chi connectivity index (χ1n) is 9.66. The summed E-state index contributed by atoms with van der Waals surface area (Å²) in [5, 5.41) is 3.21. The molecular formula is C20H32N4O. The Bertz CT molecular complexity index is 551. The number of amides is 1. The fourth-order valence-corrected chi connectivity index (χ4v) is 3.96. The van der Waals surface area contributed by atoms with Crippen LogP contribution in [-0.2, 0) is 6.54 Å². The van der Waals surface area contributed by atoms with Crippen molar-refractivity contribution in [3.8, 4) is 0 Å². The second-order valence-corrected chi connectivity index (χ2v) is 7.64. The summed E-state index contributed by atoms with van der Waals surface area (Å²) < 4.78 is 0. The number of likely N-dealkylation sites (N-methyl/N-ethyl adjacent to an activating group) is 1. The van der Waals surface area contributed by atoms with Gasteiger partial charge in [0, 0.05) is 44.3 Å². The highest BCUT2D eigenvalue weighted by Gasteiger charge is 2.25. The van der Waals surface area contributed by atoms with Crippen LogP contribution in [0.15, 0.2) is 24.3 Å². The second-order valence-electron chi connectivity index (χ2n) is 7.64. The largest absolute Gasteiger partial charge is 0.349 e. The molecule has 1 aliphatic carbocycles. The van der Waals surface area contributed by atoms with Crippen molar-refractivity contribution in [3.05, 3.63) is 35.4 Å². The minimum Gasteiger partial charge on any atom is -0.349 e. The highest BCUT2D eigenvalue weighted by atomic mass is 16.1. The molecule has 1 aliphatic heterocycles. The van der Waals surface area contributed by atoms with Crippen LogP contribution < -0.4 is 11.1 Å². The molecule has 1 saturated carbocycles. The highest BCUT2D eigenvalue weighted by Crippen LogP contribution is 2.24. The maximum Gasteiger partial charge on any atom is 0.251 e. The van der Waals surface area contributed by atoms with Crippen LogP contribution in [-0.4, -0.2) is 61.5 Å². The predicted octanol–water partition coefficient (Wildman–Crippen LogP) is 1.68. The van der Waals surface area contributed by atoms with Crippen molar-refractivity contribution < 1.29 is 4.79 Å². The van der Waals surface area contributed by atoms with Gasteiger partial charge in [-0.15, -0.1) is 0 Å². The molecule has 0 spiro atoms. The Kier molecular flexibility index (Phi) is 6.45. The average molecular weight is 345 g/mol. The van der Waals surface area contributed by atoms with Crippen LogP contribution in [0.2, 0.25) is 0 Å². The normalized spacial score (nSPS) is 25.7. The minimum atomic E-state index is 0.0384. The van der Waals surface area contributed by atoms with E-state index < -0.39 is 0 Å². The average Bonchev–Trinajstić information content (AvgIpc) is 2.64. The van der Waals surface area contributed by atoms with Crippen molar-refractivity contribution in [3.63, 3.8) is 0 Å². The third kappa shape index (κ3) is 5.03. The van der Waals surface area contributed by atoms with Gasteiger partial charge in [0.25, 0.3) is 5.91 Å². The van der Waals surface area contributed by atoms with Crippen LogP contribution in [0.5, 0.6) is 0 Å². The van der Waals surface area contributed by atoms with Crippen LogP contribution in [0.1, 0.15) is 41.6 Å². The molecule has 1 aromatic carbocycles. The number of piperazine rings is 1. The summed E-state index contributed by atoms with van der Waals surface area (Å²) in [5.41, 5.74) is 7.90. The lowest BCUT2D eigenvalue weighted by Crippen LogP contribution is -2.44. The molecule has 5 nitrogen and oxygen atoms in total. The summed E-state index contributed by atoms with van der Waals surface area (Å²) in [6, 6.07) is 8.33. The van der Waals surface area contributed by atoms with Gasteiger partial charge in [-0.2, -0.15) is 0 Å². The van der Waals surface area contributed by atoms with E-state index in [0.29, 0.717) is 12.5 Å². The lowest BCUT2D eigenvalue weighted by Gasteiger charge is -2.32. The number of nitrogens with zero attached hydrogens (tertiary/aromatic N) is 2. The molecular weight excluding hydrogens is 312 g/mol. The number of carbonyl (C=O) groups is 1. The lowest BCUT2D eigenvalue weighted by molar-refractivity contribution is 0.0908. The number of nitrogens with two attached hydrogens (primary N) is 1. The van der Waals surface area contributed by atoms with Crippen LogP contribution in [0.4, 0.5) is 0 Å². The van der Waals surface area contributed by atoms with Crippen molar-refractivity contribution in [1.82, 2.24) is 15.1 Å². The predicted molar refractivity (Wildman–Crippen MR) is 101 cm³/mol. The zero-order chi connectivity index (χ0) is 17.6. The molecule has 0 bridgehead atoms. The van der Waals surface area contributed by atoms with Crippen molar-refractivity contribution in [2.24, 2.45) is 11.7 Å². The smallest absolute Gasteiger partial charge is 0.251 e. The summed E-state index contributed by atoms with van der Waals surface area (Å²) in [5.74, 6) is 0.464. The van der Waals surface area contributed by atoms with Crippen LogP contribution in [0, 0.1) is 5.92 Å². The topological polar surface area (TPSA) is 61.6 Å². The van der Waals surface area contributed by atoms with Gasteiger partial charge < -0.3 is 16.0 Å². The fourth-order valence-electron chi connectivity index (χ4n) is 3.96. The molecule has 2 atom stereocenters. The van der Waals surface area contributed by atoms with Crippen LogP contribution in [0.25, 0.3) is 0 Å². The molecule has 138 valence electrons. The standard InChI is InChI=1S/C20H32N4O/c1-23-10-12-24(13-11-23)15-16-6-8-17(9-7-16)20(25)22-19-5-3-2-4-18(19)14-21/h6-9,18-19H,2-5,10-15,21H2,1H3,(H,22,25). The van der Waals surface area contributed by atoms with Gasteiger partial charge in [0.1, 0.15) is 0 Å². The summed E-state index contributed by atoms with van der Waals surface area (Å²) in [6.07, 6.45) is 4.60. The Morgan fingerprint density at radius 1 is 1.12 bits per heavy atom. The molecule has 1 saturated heterocycles. The molecule has 0 aromatic heterocycles. The Hall–Kier alpha value is -1.43. The fraction of sp³-hybridized carbons (Fsp3) is 0.650. The van der Waals surface area contributed by atoms with Gasteiger partial charge in [0.2, 0.25) is 0 Å². The van der Waals surface area contributed by atoms with E-state index in [2.05, 4.69) is 34.3 Å². The zero-order valence-electron chi connectivity index (χ0n) is 15.4. The monoisotopic (exact) mass is 344 g/mol. The molecule has 2 aliphatic rings. The van der Waals surface area contributed by atoms with Crippen molar-refractivity contribution in [1.29, 1.82) is 0 Å². The molecule has 1 amide bonds. The van der Waals surface area contributed by atoms with Gasteiger partial charge in [0.05, 0.1) is 0 Å². The van der Waals surface area contributed by atoms with Gasteiger partial charge >= 0.3 is 0 Å². The Labute approximate surface area is 151 Å². The summed E-state index contributed by atoms with van der Waals surface area (Å²) in [6.45, 7) is 6.11. The summed E-state index contributed by atoms with van der Waals surface area (Å²) in [7, 11) is 2.17. The quantitative estimate of drug-likeness (QED) is 0.853. The Morgan fingerprint density at radius 3 is 2.48 bits per heavy atom. The molecule has 3 N–H and O–H groups in total. The Balaban J connectivity index is 1.53. The van der Waals surface area contributed by atoms with Crippen molar-refractivity contribution >= 4 is 5.91 Å². The van der Waals surface area contributed by atoms with E-state index in [1.807, 2.05) is 12.1 Å². The minimum absolute atomic E-state index is 0.0384. The molecule has 3 rings (SSSR count). The van der Waals surface area contributed by atoms with E-state index in [4.69, 9.17) is 5.73 Å². The molecule has 25 heavy (non-hydrogen) atoms. The third-order valence-electron chi connectivity index (χ3n) is 5.75. The van der Waals surface area contributed by atoms with E-state index in [9.17, 15) is 4.79 Å². The highest BCUT2D eigenvalue weighted by molar-refractivity contribution is 5.94. The number of benzene rings is 1. The molecule has 5 heteroatoms. The molecule has 2 fully saturated rings. The first kappa shape index (κ1) is 18.4.